The summed E-state index contributed by atoms with van der Waals surface area (Å²) in [5, 5.41) is 77.4. The first-order valence-electron chi connectivity index (χ1n) is 26.1. The lowest BCUT2D eigenvalue weighted by atomic mass is 9.90. The van der Waals surface area contributed by atoms with Crippen molar-refractivity contribution in [1.82, 2.24) is 48.0 Å². The average Bonchev–Trinajstić information content (AvgIpc) is 0.898. The van der Waals surface area contributed by atoms with Crippen LogP contribution >= 0.6 is 0 Å². The Morgan fingerprint density at radius 1 is 0.621 bits per heavy atom. The Balaban J connectivity index is 1.24. The molecule has 8 atom stereocenters. The first-order chi connectivity index (χ1) is 41.1. The lowest BCUT2D eigenvalue weighted by molar-refractivity contribution is -0.141. The number of carbonyl (C=O) groups is 13. The van der Waals surface area contributed by atoms with Crippen molar-refractivity contribution in [3.63, 3.8) is 0 Å². The lowest BCUT2D eigenvalue weighted by Crippen LogP contribution is -2.61. The van der Waals surface area contributed by atoms with Crippen LogP contribution in [0.3, 0.4) is 0 Å². The number of carbonyl (C=O) groups excluding carboxylic acids is 11. The van der Waals surface area contributed by atoms with Crippen molar-refractivity contribution in [3.8, 4) is 28.2 Å². The minimum absolute atomic E-state index is 0.0555. The fraction of sp³-hybridized carbons (Fsp3) is 0.309. The molecule has 32 nitrogen and oxygen atoms in total. The van der Waals surface area contributed by atoms with Gasteiger partial charge in [0.1, 0.15) is 59.4 Å². The van der Waals surface area contributed by atoms with Crippen molar-refractivity contribution in [2.45, 2.75) is 94.3 Å². The second kappa shape index (κ2) is 30.6. The molecule has 32 heteroatoms. The van der Waals surface area contributed by atoms with Crippen LogP contribution in [0.25, 0.3) is 33.4 Å². The van der Waals surface area contributed by atoms with Crippen LogP contribution in [0.5, 0.6) is 5.75 Å². The highest BCUT2D eigenvalue weighted by molar-refractivity contribution is 6.09. The van der Waals surface area contributed by atoms with Gasteiger partial charge >= 0.3 is 11.9 Å². The van der Waals surface area contributed by atoms with E-state index in [0.29, 0.717) is 16.5 Å². The summed E-state index contributed by atoms with van der Waals surface area (Å²) in [6.45, 7) is 0.0582. The van der Waals surface area contributed by atoms with Crippen LogP contribution in [-0.4, -0.2) is 169 Å². The number of fused-ring (bicyclic) bond motifs is 2. The Hall–Kier alpha value is -10.9. The fourth-order valence-corrected chi connectivity index (χ4v) is 8.53. The van der Waals surface area contributed by atoms with E-state index in [-0.39, 0.29) is 40.2 Å². The number of aliphatic hydroxyl groups excluding tert-OH is 2. The predicted octanol–water partition coefficient (Wildman–Crippen LogP) is -4.15. The van der Waals surface area contributed by atoms with Crippen LogP contribution in [-0.2, 0) is 59.2 Å². The molecule has 3 aromatic carbocycles. The molecule has 1 aliphatic carbocycles. The summed E-state index contributed by atoms with van der Waals surface area (Å²) >= 11 is 0. The zero-order chi connectivity index (χ0) is 64.4. The third kappa shape index (κ3) is 18.8. The quantitative estimate of drug-likeness (QED) is 0.0118. The largest absolute Gasteiger partial charge is 0.508 e. The molecule has 0 aromatic heterocycles. The molecule has 5 rings (SSSR count). The Morgan fingerprint density at radius 3 is 1.84 bits per heavy atom. The number of aliphatic hydroxyl groups is 2. The first kappa shape index (κ1) is 66.9. The van der Waals surface area contributed by atoms with Crippen molar-refractivity contribution in [1.29, 1.82) is 0 Å². The number of aromatic hydroxyl groups is 1. The van der Waals surface area contributed by atoms with Gasteiger partial charge in [0.05, 0.1) is 37.7 Å². The minimum Gasteiger partial charge on any atom is -0.508 e. The molecule has 0 radical (unpaired) electrons. The van der Waals surface area contributed by atoms with Crippen LogP contribution in [0.15, 0.2) is 94.1 Å². The first-order valence-corrected chi connectivity index (χ1v) is 26.1. The summed E-state index contributed by atoms with van der Waals surface area (Å²) in [4.78, 5) is 181. The second-order valence-electron chi connectivity index (χ2n) is 19.5. The Bertz CT molecular complexity index is 3500. The number of carboxylic acids is 2. The SMILES string of the molecule is C[C@H](NC(=O)[C@H](CC(=O)NO)NC(=O)[C@H](CCC(N)=O)NC(=O)[C@H](CC(=O)O)NC(=O)[C@H](CO)NC(=O)CNC(=O)c1ccc(-c2c3ccc(=O)cc-3oc3cc(O)ccc23)c(C(=O)O)c1)C(=O)N[C@H](C(=O)N[C@@H](Cc1ccccc1)C(N)=O)[C@@H](C)O. The minimum atomic E-state index is -2.15. The van der Waals surface area contributed by atoms with Crippen molar-refractivity contribution in [3.05, 3.63) is 112 Å². The number of carboxylic acid groups (broad SMARTS) is 2. The standard InChI is InChI=1S/C55H61N11O21/c1-24(48(77)65-46(25(2)68)54(83)62-35(47(57)76)16-26-6-4-3-5-7-26)59-51(80)36(20-42(72)66-86)63-50(79)34(14-15-41(56)71)61-52(81)37(21-44(74)75)64-53(82)38(23-67)60-43(73)22-58-49(78)27-8-11-30(33(17-27)55(84)85)45-31-12-9-28(69)18-39(31)87-40-19-29(70)10-13-32(40)45/h3-13,17-19,24-25,34-38,46,67-69,86H,14-16,20-23H2,1-2H3,(H2,56,71)(H2,57,76)(H,58,78)(H,59,80)(H,60,73)(H,61,81)(H,62,83)(H,63,79)(H,64,82)(H,65,77)(H,66,72)(H,74,75)(H,84,85)/t24-,25+,34-,35-,36-,37-,38-,46-/m0/s1. The highest BCUT2D eigenvalue weighted by Gasteiger charge is 2.36. The van der Waals surface area contributed by atoms with Crippen LogP contribution in [0.4, 0.5) is 0 Å². The molecule has 19 N–H and O–H groups in total. The monoisotopic (exact) mass is 1210 g/mol. The van der Waals surface area contributed by atoms with E-state index in [1.165, 1.54) is 47.9 Å². The number of hydrogen-bond donors (Lipinski definition) is 17. The lowest BCUT2D eigenvalue weighted by Gasteiger charge is -2.27. The van der Waals surface area contributed by atoms with Crippen LogP contribution < -0.4 is 64.9 Å². The smallest absolute Gasteiger partial charge is 0.336 e. The summed E-state index contributed by atoms with van der Waals surface area (Å²) in [5.41, 5.74) is 12.2. The number of amides is 11. The normalized spacial score (nSPS) is 13.7. The van der Waals surface area contributed by atoms with Gasteiger partial charge in [0.25, 0.3) is 5.91 Å². The molecule has 11 amide bonds. The Kier molecular flexibility index (Phi) is 23.6. The summed E-state index contributed by atoms with van der Waals surface area (Å²) < 4.78 is 5.82. The average molecular weight is 1210 g/mol. The van der Waals surface area contributed by atoms with Crippen LogP contribution in [0, 0.1) is 0 Å². The number of phenolic OH excluding ortho intramolecular Hbond substituents is 1. The van der Waals surface area contributed by atoms with Gasteiger partial charge in [0.15, 0.2) is 5.43 Å². The maximum atomic E-state index is 13.8. The van der Waals surface area contributed by atoms with Gasteiger partial charge in [-0.3, -0.25) is 67.5 Å². The number of rotatable bonds is 30. The van der Waals surface area contributed by atoms with E-state index in [2.05, 4.69) is 37.2 Å². The number of hydroxylamine groups is 1. The molecule has 0 saturated carbocycles. The summed E-state index contributed by atoms with van der Waals surface area (Å²) in [6, 6.07) is 6.87. The van der Waals surface area contributed by atoms with Gasteiger partial charge in [-0.05, 0) is 67.8 Å². The van der Waals surface area contributed by atoms with E-state index in [9.17, 15) is 97.9 Å². The summed E-state index contributed by atoms with van der Waals surface area (Å²) in [7, 11) is 0. The molecule has 0 saturated heterocycles. The number of primary amides is 2. The summed E-state index contributed by atoms with van der Waals surface area (Å²) in [6.07, 6.45) is -5.37. The van der Waals surface area contributed by atoms with Gasteiger partial charge in [-0.2, -0.15) is 0 Å². The van der Waals surface area contributed by atoms with Gasteiger partial charge in [-0.15, -0.1) is 0 Å². The zero-order valence-corrected chi connectivity index (χ0v) is 46.1. The molecule has 0 bridgehead atoms. The highest BCUT2D eigenvalue weighted by atomic mass is 16.5. The van der Waals surface area contributed by atoms with Crippen LogP contribution in [0.2, 0.25) is 0 Å². The van der Waals surface area contributed by atoms with Crippen molar-refractivity contribution < 1.29 is 97.5 Å². The third-order valence-corrected chi connectivity index (χ3v) is 12.9. The molecule has 87 heavy (non-hydrogen) atoms. The Morgan fingerprint density at radius 2 is 1.23 bits per heavy atom. The molecule has 0 spiro atoms. The van der Waals surface area contributed by atoms with E-state index in [1.54, 1.807) is 30.3 Å². The van der Waals surface area contributed by atoms with Gasteiger partial charge in [0.2, 0.25) is 59.1 Å². The molecular weight excluding hydrogens is 1150 g/mol. The van der Waals surface area contributed by atoms with E-state index < -0.39 is 175 Å². The van der Waals surface area contributed by atoms with E-state index in [0.717, 1.165) is 26.0 Å². The molecule has 462 valence electrons. The van der Waals surface area contributed by atoms with E-state index in [1.807, 2.05) is 5.32 Å². The number of aliphatic carboxylic acids is 1. The predicted molar refractivity (Wildman–Crippen MR) is 298 cm³/mol. The van der Waals surface area contributed by atoms with Gasteiger partial charge in [-0.1, -0.05) is 36.4 Å². The molecule has 2 aliphatic rings. The number of nitrogens with two attached hydrogens (primary N) is 2. The summed E-state index contributed by atoms with van der Waals surface area (Å²) in [5.74, 6) is -16.6. The molecule has 3 aromatic rings. The number of phenols is 1. The number of nitrogens with one attached hydrogen (secondary N) is 9. The maximum Gasteiger partial charge on any atom is 0.336 e. The number of aromatic carboxylic acids is 1. The zero-order valence-electron chi connectivity index (χ0n) is 46.1. The van der Waals surface area contributed by atoms with Crippen LogP contribution in [0.1, 0.15) is 65.8 Å². The topological polar surface area (TPSA) is 534 Å². The van der Waals surface area contributed by atoms with Gasteiger partial charge in [0, 0.05) is 47.1 Å². The third-order valence-electron chi connectivity index (χ3n) is 12.9. The highest BCUT2D eigenvalue weighted by Crippen LogP contribution is 2.42. The molecule has 0 fully saturated rings. The van der Waals surface area contributed by atoms with Gasteiger partial charge in [-0.25, -0.2) is 10.3 Å². The Labute approximate surface area is 491 Å². The molecule has 1 heterocycles. The van der Waals surface area contributed by atoms with Crippen molar-refractivity contribution >= 4 is 87.9 Å². The fourth-order valence-electron chi connectivity index (χ4n) is 8.53. The van der Waals surface area contributed by atoms with Gasteiger partial charge < -0.3 is 84.0 Å². The van der Waals surface area contributed by atoms with E-state index in [4.69, 9.17) is 15.9 Å². The second-order valence-corrected chi connectivity index (χ2v) is 19.5. The van der Waals surface area contributed by atoms with Crippen molar-refractivity contribution in [2.24, 2.45) is 11.5 Å². The van der Waals surface area contributed by atoms with E-state index >= 15 is 0 Å². The number of hydrogen-bond acceptors (Lipinski definition) is 19. The molecule has 1 aliphatic heterocycles. The molecular formula is C55H61N11O21. The molecule has 0 unspecified atom stereocenters. The number of benzene rings is 4. The maximum absolute atomic E-state index is 13.8. The van der Waals surface area contributed by atoms with Crippen molar-refractivity contribution in [2.75, 3.05) is 13.2 Å².